The highest BCUT2D eigenvalue weighted by atomic mass is 15.3. The lowest BCUT2D eigenvalue weighted by Gasteiger charge is -2.30. The fourth-order valence-corrected chi connectivity index (χ4v) is 7.43. The number of rotatable bonds is 3. The molecular formula is C37H26N2. The lowest BCUT2D eigenvalue weighted by molar-refractivity contribution is 0.740. The van der Waals surface area contributed by atoms with Gasteiger partial charge in [0.2, 0.25) is 0 Å². The zero-order valence-corrected chi connectivity index (χ0v) is 21.5. The molecule has 1 fully saturated rings. The van der Waals surface area contributed by atoms with Crippen molar-refractivity contribution in [3.63, 3.8) is 0 Å². The molecule has 0 amide bonds. The quantitative estimate of drug-likeness (QED) is 0.236. The van der Waals surface area contributed by atoms with Gasteiger partial charge in [0.05, 0.1) is 16.6 Å². The summed E-state index contributed by atoms with van der Waals surface area (Å²) in [4.78, 5) is 2.57. The lowest BCUT2D eigenvalue weighted by atomic mass is 9.90. The van der Waals surface area contributed by atoms with E-state index < -0.39 is 0 Å². The Bertz CT molecular complexity index is 1940. The van der Waals surface area contributed by atoms with Crippen LogP contribution in [0.3, 0.4) is 0 Å². The maximum Gasteiger partial charge on any atom is 0.0782 e. The standard InChI is InChI=1S/C37H26N2/c1-4-12-33-30(9-1)31-10-2-5-13-34(31)38(33)28-19-15-26(16-20-28)27-17-21-29(22-18-27)39-35-14-6-3-11-32(35)36-23-7-8-24-37(36,39)25-36/h1-24H,25H2/t36?,37-/m0/s1. The average molecular weight is 499 g/mol. The first-order chi connectivity index (χ1) is 19.3. The highest BCUT2D eigenvalue weighted by molar-refractivity contribution is 6.09. The summed E-state index contributed by atoms with van der Waals surface area (Å²) in [7, 11) is 0. The van der Waals surface area contributed by atoms with Gasteiger partial charge in [0.15, 0.2) is 0 Å². The van der Waals surface area contributed by atoms with Crippen LogP contribution in [0.2, 0.25) is 0 Å². The smallest absolute Gasteiger partial charge is 0.0782 e. The maximum atomic E-state index is 2.57. The molecule has 0 radical (unpaired) electrons. The normalized spacial score (nSPS) is 22.2. The molecule has 184 valence electrons. The van der Waals surface area contributed by atoms with Crippen molar-refractivity contribution < 1.29 is 0 Å². The fraction of sp³-hybridized carbons (Fsp3) is 0.0811. The summed E-state index contributed by atoms with van der Waals surface area (Å²) < 4.78 is 2.37. The van der Waals surface area contributed by atoms with Gasteiger partial charge in [-0.2, -0.15) is 0 Å². The molecular weight excluding hydrogens is 472 g/mol. The van der Waals surface area contributed by atoms with Gasteiger partial charge in [-0.25, -0.2) is 0 Å². The van der Waals surface area contributed by atoms with Crippen molar-refractivity contribution in [3.05, 3.63) is 151 Å². The fourth-order valence-electron chi connectivity index (χ4n) is 7.43. The third-order valence-corrected chi connectivity index (χ3v) is 9.25. The van der Waals surface area contributed by atoms with Crippen molar-refractivity contribution in [2.45, 2.75) is 17.4 Å². The van der Waals surface area contributed by atoms with Crippen molar-refractivity contribution in [1.82, 2.24) is 4.57 Å². The van der Waals surface area contributed by atoms with Gasteiger partial charge in [-0.05, 0) is 65.6 Å². The number of para-hydroxylation sites is 3. The largest absolute Gasteiger partial charge is 0.330 e. The molecule has 0 spiro atoms. The maximum absolute atomic E-state index is 2.57. The summed E-state index contributed by atoms with van der Waals surface area (Å²) in [6.45, 7) is 0. The molecule has 0 N–H and O–H groups in total. The van der Waals surface area contributed by atoms with Gasteiger partial charge in [-0.15, -0.1) is 0 Å². The number of nitrogens with zero attached hydrogens (tertiary/aromatic N) is 2. The molecule has 0 saturated heterocycles. The van der Waals surface area contributed by atoms with Crippen LogP contribution in [0.15, 0.2) is 146 Å². The second kappa shape index (κ2) is 7.39. The molecule has 5 aromatic carbocycles. The second-order valence-electron chi connectivity index (χ2n) is 11.1. The van der Waals surface area contributed by atoms with Crippen LogP contribution >= 0.6 is 0 Å². The Kier molecular flexibility index (Phi) is 4.01. The first kappa shape index (κ1) is 21.2. The Morgan fingerprint density at radius 1 is 0.513 bits per heavy atom. The number of hydrogen-bond acceptors (Lipinski definition) is 1. The van der Waals surface area contributed by atoms with E-state index in [1.807, 2.05) is 0 Å². The van der Waals surface area contributed by atoms with Gasteiger partial charge in [0, 0.05) is 33.2 Å². The summed E-state index contributed by atoms with van der Waals surface area (Å²) in [5, 5.41) is 2.58. The Morgan fingerprint density at radius 3 is 1.77 bits per heavy atom. The predicted molar refractivity (Wildman–Crippen MR) is 162 cm³/mol. The molecule has 0 bridgehead atoms. The van der Waals surface area contributed by atoms with Crippen LogP contribution in [0.4, 0.5) is 11.4 Å². The van der Waals surface area contributed by atoms with Crippen molar-refractivity contribution in [2.24, 2.45) is 0 Å². The number of anilines is 2. The minimum Gasteiger partial charge on any atom is -0.330 e. The monoisotopic (exact) mass is 498 g/mol. The summed E-state index contributed by atoms with van der Waals surface area (Å²) in [5.41, 5.74) is 10.3. The van der Waals surface area contributed by atoms with Crippen LogP contribution in [0.25, 0.3) is 38.6 Å². The van der Waals surface area contributed by atoms with Crippen molar-refractivity contribution in [1.29, 1.82) is 0 Å². The number of allylic oxidation sites excluding steroid dienone is 2. The molecule has 1 saturated carbocycles. The zero-order valence-electron chi connectivity index (χ0n) is 21.5. The first-order valence-corrected chi connectivity index (χ1v) is 13.8. The molecule has 2 atom stereocenters. The minimum absolute atomic E-state index is 0.0386. The molecule has 1 aliphatic heterocycles. The number of hydrogen-bond donors (Lipinski definition) is 0. The third-order valence-electron chi connectivity index (χ3n) is 9.25. The second-order valence-corrected chi connectivity index (χ2v) is 11.1. The van der Waals surface area contributed by atoms with Gasteiger partial charge in [0.25, 0.3) is 0 Å². The zero-order chi connectivity index (χ0) is 25.6. The molecule has 9 rings (SSSR count). The highest BCUT2D eigenvalue weighted by Crippen LogP contribution is 2.72. The molecule has 2 aliphatic carbocycles. The van der Waals surface area contributed by atoms with E-state index in [1.165, 1.54) is 55.6 Å². The van der Waals surface area contributed by atoms with E-state index in [0.717, 1.165) is 6.42 Å². The highest BCUT2D eigenvalue weighted by Gasteiger charge is 2.74. The van der Waals surface area contributed by atoms with Gasteiger partial charge in [-0.3, -0.25) is 0 Å². The van der Waals surface area contributed by atoms with Crippen LogP contribution in [0.5, 0.6) is 0 Å². The van der Waals surface area contributed by atoms with E-state index >= 15 is 0 Å². The molecule has 2 heteroatoms. The van der Waals surface area contributed by atoms with Crippen molar-refractivity contribution >= 4 is 33.2 Å². The van der Waals surface area contributed by atoms with E-state index in [9.17, 15) is 0 Å². The topological polar surface area (TPSA) is 8.17 Å². The van der Waals surface area contributed by atoms with E-state index in [0.29, 0.717) is 0 Å². The summed E-state index contributed by atoms with van der Waals surface area (Å²) in [6, 6.07) is 44.4. The lowest BCUT2D eigenvalue weighted by Crippen LogP contribution is -2.33. The minimum atomic E-state index is 0.0386. The molecule has 1 aromatic heterocycles. The van der Waals surface area contributed by atoms with Crippen LogP contribution in [0.1, 0.15) is 12.0 Å². The number of benzene rings is 5. The third kappa shape index (κ3) is 2.66. The Morgan fingerprint density at radius 2 is 1.08 bits per heavy atom. The van der Waals surface area contributed by atoms with Crippen molar-refractivity contribution in [3.8, 4) is 16.8 Å². The Balaban J connectivity index is 1.08. The SMILES string of the molecule is C1=CC23C[C@]2(C=C1)N(c1ccc(-c2ccc(-n4c5ccccc5c5ccccc54)cc2)cc1)c1ccccc13. The first-order valence-electron chi connectivity index (χ1n) is 13.8. The predicted octanol–water partition coefficient (Wildman–Crippen LogP) is 9.11. The van der Waals surface area contributed by atoms with Gasteiger partial charge in [0.1, 0.15) is 0 Å². The average Bonchev–Trinajstić information content (AvgIpc) is 3.49. The van der Waals surface area contributed by atoms with Crippen LogP contribution in [-0.2, 0) is 5.41 Å². The molecule has 2 heterocycles. The van der Waals surface area contributed by atoms with Crippen LogP contribution in [-0.4, -0.2) is 10.1 Å². The summed E-state index contributed by atoms with van der Waals surface area (Å²) >= 11 is 0. The van der Waals surface area contributed by atoms with E-state index in [1.54, 1.807) is 0 Å². The summed E-state index contributed by atoms with van der Waals surface area (Å²) in [6.07, 6.45) is 10.4. The number of aromatic nitrogens is 1. The van der Waals surface area contributed by atoms with Gasteiger partial charge in [-0.1, -0.05) is 103 Å². The summed E-state index contributed by atoms with van der Waals surface area (Å²) in [5.74, 6) is 0. The molecule has 2 nitrogen and oxygen atoms in total. The van der Waals surface area contributed by atoms with Crippen LogP contribution in [0, 0.1) is 0 Å². The Hall–Kier alpha value is -4.82. The van der Waals surface area contributed by atoms with Crippen molar-refractivity contribution in [2.75, 3.05) is 4.90 Å². The molecule has 3 aliphatic rings. The van der Waals surface area contributed by atoms with E-state index in [2.05, 4.69) is 155 Å². The molecule has 39 heavy (non-hydrogen) atoms. The molecule has 1 unspecified atom stereocenters. The van der Waals surface area contributed by atoms with Crippen LogP contribution < -0.4 is 4.90 Å². The Labute approximate surface area is 227 Å². The number of fused-ring (bicyclic) bond motifs is 4. The van der Waals surface area contributed by atoms with Gasteiger partial charge < -0.3 is 9.47 Å². The van der Waals surface area contributed by atoms with E-state index in [-0.39, 0.29) is 11.0 Å². The van der Waals surface area contributed by atoms with Gasteiger partial charge >= 0.3 is 0 Å². The molecule has 6 aromatic rings. The van der Waals surface area contributed by atoms with E-state index in [4.69, 9.17) is 0 Å².